The molecule has 2 aromatic heterocycles. The van der Waals surface area contributed by atoms with Crippen molar-refractivity contribution >= 4 is 5.82 Å². The molecule has 2 aromatic rings. The van der Waals surface area contributed by atoms with Gasteiger partial charge in [-0.05, 0) is 25.0 Å². The van der Waals surface area contributed by atoms with Gasteiger partial charge >= 0.3 is 0 Å². The first-order valence-electron chi connectivity index (χ1n) is 7.65. The SMILES string of the molecule is COCCn1ccnc1[C@@H]1CCCN(c2ncccc2F)C1. The Labute approximate surface area is 129 Å². The molecule has 0 amide bonds. The first kappa shape index (κ1) is 15.0. The Hall–Kier alpha value is -1.95. The Balaban J connectivity index is 1.76. The van der Waals surface area contributed by atoms with Crippen LogP contribution in [0.25, 0.3) is 0 Å². The lowest BCUT2D eigenvalue weighted by Crippen LogP contribution is -2.36. The minimum atomic E-state index is -0.258. The number of hydrogen-bond donors (Lipinski definition) is 0. The molecule has 1 aliphatic rings. The largest absolute Gasteiger partial charge is 0.383 e. The highest BCUT2D eigenvalue weighted by molar-refractivity contribution is 5.40. The van der Waals surface area contributed by atoms with Crippen LogP contribution in [-0.4, -0.2) is 41.3 Å². The van der Waals surface area contributed by atoms with Gasteiger partial charge in [-0.2, -0.15) is 0 Å². The monoisotopic (exact) mass is 304 g/mol. The number of hydrogen-bond acceptors (Lipinski definition) is 4. The van der Waals surface area contributed by atoms with Crippen LogP contribution >= 0.6 is 0 Å². The van der Waals surface area contributed by atoms with Gasteiger partial charge in [0.2, 0.25) is 0 Å². The lowest BCUT2D eigenvalue weighted by Gasteiger charge is -2.33. The van der Waals surface area contributed by atoms with E-state index in [0.717, 1.165) is 38.3 Å². The van der Waals surface area contributed by atoms with Crippen molar-refractivity contribution in [3.05, 3.63) is 42.4 Å². The Morgan fingerprint density at radius 2 is 2.27 bits per heavy atom. The summed E-state index contributed by atoms with van der Waals surface area (Å²) in [5.74, 6) is 1.54. The fourth-order valence-electron chi connectivity index (χ4n) is 3.05. The molecule has 118 valence electrons. The van der Waals surface area contributed by atoms with Crippen LogP contribution < -0.4 is 4.90 Å². The molecule has 22 heavy (non-hydrogen) atoms. The van der Waals surface area contributed by atoms with E-state index in [0.29, 0.717) is 18.3 Å². The van der Waals surface area contributed by atoms with E-state index in [2.05, 4.69) is 14.5 Å². The van der Waals surface area contributed by atoms with Crippen molar-refractivity contribution in [2.45, 2.75) is 25.3 Å². The summed E-state index contributed by atoms with van der Waals surface area (Å²) < 4.78 is 21.2. The zero-order chi connectivity index (χ0) is 15.4. The predicted molar refractivity (Wildman–Crippen MR) is 82.5 cm³/mol. The second-order valence-corrected chi connectivity index (χ2v) is 5.57. The summed E-state index contributed by atoms with van der Waals surface area (Å²) in [6, 6.07) is 3.09. The normalized spacial score (nSPS) is 18.6. The van der Waals surface area contributed by atoms with Gasteiger partial charge in [-0.1, -0.05) is 0 Å². The van der Waals surface area contributed by atoms with Crippen LogP contribution in [-0.2, 0) is 11.3 Å². The van der Waals surface area contributed by atoms with Crippen LogP contribution in [0.4, 0.5) is 10.2 Å². The van der Waals surface area contributed by atoms with E-state index in [-0.39, 0.29) is 5.82 Å². The molecule has 3 rings (SSSR count). The van der Waals surface area contributed by atoms with Crippen LogP contribution in [0.15, 0.2) is 30.7 Å². The number of ether oxygens (including phenoxy) is 1. The summed E-state index contributed by atoms with van der Waals surface area (Å²) in [6.45, 7) is 3.04. The third-order valence-corrected chi connectivity index (χ3v) is 4.11. The van der Waals surface area contributed by atoms with Crippen molar-refractivity contribution in [1.29, 1.82) is 0 Å². The molecular formula is C16H21FN4O. The molecular weight excluding hydrogens is 283 g/mol. The van der Waals surface area contributed by atoms with Gasteiger partial charge in [0.1, 0.15) is 5.82 Å². The fraction of sp³-hybridized carbons (Fsp3) is 0.500. The molecule has 0 unspecified atom stereocenters. The average Bonchev–Trinajstić information content (AvgIpc) is 3.02. The summed E-state index contributed by atoms with van der Waals surface area (Å²) in [5.41, 5.74) is 0. The first-order chi connectivity index (χ1) is 10.8. The average molecular weight is 304 g/mol. The van der Waals surface area contributed by atoms with E-state index in [9.17, 15) is 4.39 Å². The number of anilines is 1. The van der Waals surface area contributed by atoms with Crippen LogP contribution in [0.5, 0.6) is 0 Å². The maximum Gasteiger partial charge on any atom is 0.165 e. The van der Waals surface area contributed by atoms with Gasteiger partial charge in [0.25, 0.3) is 0 Å². The number of nitrogens with zero attached hydrogens (tertiary/aromatic N) is 4. The summed E-state index contributed by atoms with van der Waals surface area (Å²) in [6.07, 6.45) is 7.52. The van der Waals surface area contributed by atoms with Gasteiger partial charge in [0, 0.05) is 51.3 Å². The maximum absolute atomic E-state index is 13.9. The van der Waals surface area contributed by atoms with E-state index < -0.39 is 0 Å². The van der Waals surface area contributed by atoms with Crippen molar-refractivity contribution in [2.75, 3.05) is 31.7 Å². The molecule has 1 aliphatic heterocycles. The van der Waals surface area contributed by atoms with Gasteiger partial charge in [0.05, 0.1) is 6.61 Å². The molecule has 6 heteroatoms. The smallest absolute Gasteiger partial charge is 0.165 e. The quantitative estimate of drug-likeness (QED) is 0.851. The third kappa shape index (κ3) is 3.11. The van der Waals surface area contributed by atoms with Crippen molar-refractivity contribution in [2.24, 2.45) is 0 Å². The van der Waals surface area contributed by atoms with E-state index >= 15 is 0 Å². The minimum absolute atomic E-state index is 0.258. The maximum atomic E-state index is 13.9. The molecule has 0 aliphatic carbocycles. The molecule has 1 saturated heterocycles. The molecule has 0 bridgehead atoms. The predicted octanol–water partition coefficient (Wildman–Crippen LogP) is 2.45. The number of rotatable bonds is 5. The van der Waals surface area contributed by atoms with Gasteiger partial charge in [-0.15, -0.1) is 0 Å². The molecule has 3 heterocycles. The Morgan fingerprint density at radius 3 is 3.09 bits per heavy atom. The van der Waals surface area contributed by atoms with Crippen LogP contribution in [0.3, 0.4) is 0 Å². The number of piperidine rings is 1. The van der Waals surface area contributed by atoms with E-state index in [1.807, 2.05) is 17.3 Å². The van der Waals surface area contributed by atoms with Crippen LogP contribution in [0.1, 0.15) is 24.6 Å². The molecule has 0 aromatic carbocycles. The lowest BCUT2D eigenvalue weighted by molar-refractivity contribution is 0.185. The highest BCUT2D eigenvalue weighted by Crippen LogP contribution is 2.29. The zero-order valence-corrected chi connectivity index (χ0v) is 12.8. The Morgan fingerprint density at radius 1 is 1.36 bits per heavy atom. The van der Waals surface area contributed by atoms with E-state index in [1.165, 1.54) is 6.07 Å². The summed E-state index contributed by atoms with van der Waals surface area (Å²) in [4.78, 5) is 10.7. The van der Waals surface area contributed by atoms with Gasteiger partial charge in [-0.25, -0.2) is 14.4 Å². The number of halogens is 1. The first-order valence-corrected chi connectivity index (χ1v) is 7.65. The number of imidazole rings is 1. The van der Waals surface area contributed by atoms with Crippen molar-refractivity contribution in [3.63, 3.8) is 0 Å². The molecule has 5 nitrogen and oxygen atoms in total. The number of aromatic nitrogens is 3. The fourth-order valence-corrected chi connectivity index (χ4v) is 3.05. The van der Waals surface area contributed by atoms with E-state index in [1.54, 1.807) is 19.4 Å². The molecule has 0 N–H and O–H groups in total. The molecule has 0 saturated carbocycles. The standard InChI is InChI=1S/C16H21FN4O/c1-22-11-10-20-9-7-19-15(20)13-4-3-8-21(12-13)16-14(17)5-2-6-18-16/h2,5-7,9,13H,3-4,8,10-12H2,1H3/t13-/m1/s1. The highest BCUT2D eigenvalue weighted by atomic mass is 19.1. The number of pyridine rings is 1. The number of methoxy groups -OCH3 is 1. The van der Waals surface area contributed by atoms with Gasteiger partial charge in [0.15, 0.2) is 11.6 Å². The summed E-state index contributed by atoms with van der Waals surface area (Å²) in [7, 11) is 1.70. The third-order valence-electron chi connectivity index (χ3n) is 4.11. The van der Waals surface area contributed by atoms with Crippen LogP contribution in [0.2, 0.25) is 0 Å². The molecule has 1 fully saturated rings. The van der Waals surface area contributed by atoms with Crippen LogP contribution in [0, 0.1) is 5.82 Å². The van der Waals surface area contributed by atoms with E-state index in [4.69, 9.17) is 4.74 Å². The lowest BCUT2D eigenvalue weighted by atomic mass is 9.97. The molecule has 1 atom stereocenters. The zero-order valence-electron chi connectivity index (χ0n) is 12.8. The van der Waals surface area contributed by atoms with Gasteiger partial charge < -0.3 is 14.2 Å². The van der Waals surface area contributed by atoms with Crippen molar-refractivity contribution in [3.8, 4) is 0 Å². The molecule has 0 radical (unpaired) electrons. The Kier molecular flexibility index (Phi) is 4.68. The summed E-state index contributed by atoms with van der Waals surface area (Å²) in [5, 5.41) is 0. The Bertz CT molecular complexity index is 616. The van der Waals surface area contributed by atoms with Crippen molar-refractivity contribution < 1.29 is 9.13 Å². The second kappa shape index (κ2) is 6.87. The van der Waals surface area contributed by atoms with Gasteiger partial charge in [-0.3, -0.25) is 0 Å². The molecule has 0 spiro atoms. The second-order valence-electron chi connectivity index (χ2n) is 5.57. The topological polar surface area (TPSA) is 43.2 Å². The van der Waals surface area contributed by atoms with Crippen molar-refractivity contribution in [1.82, 2.24) is 14.5 Å². The minimum Gasteiger partial charge on any atom is -0.383 e. The summed E-state index contributed by atoms with van der Waals surface area (Å²) >= 11 is 0. The highest BCUT2D eigenvalue weighted by Gasteiger charge is 2.26.